The minimum Gasteiger partial charge on any atom is -0.463 e. The Morgan fingerprint density at radius 2 is 1.82 bits per heavy atom. The highest BCUT2D eigenvalue weighted by Crippen LogP contribution is 2.34. The molecule has 2 aliphatic carbocycles. The van der Waals surface area contributed by atoms with E-state index in [1.165, 1.54) is 24.0 Å². The Bertz CT molecular complexity index is 360. The number of allylic oxidation sites excluding steroid dienone is 5. The van der Waals surface area contributed by atoms with Gasteiger partial charge in [0.2, 0.25) is 0 Å². The quantitative estimate of drug-likeness (QED) is 0.545. The number of hydrogen-bond acceptors (Lipinski definition) is 2. The van der Waals surface area contributed by atoms with Gasteiger partial charge >= 0.3 is 5.97 Å². The lowest BCUT2D eigenvalue weighted by atomic mass is 9.96. The number of esters is 1. The normalized spacial score (nSPS) is 18.6. The molecule has 0 N–H and O–H groups in total. The predicted molar refractivity (Wildman–Crippen MR) is 68.6 cm³/mol. The molecule has 0 heterocycles. The first kappa shape index (κ1) is 12.2. The maximum absolute atomic E-state index is 11.6. The van der Waals surface area contributed by atoms with Crippen LogP contribution in [0.4, 0.5) is 0 Å². The van der Waals surface area contributed by atoms with Gasteiger partial charge in [-0.1, -0.05) is 12.2 Å². The Kier molecular flexibility index (Phi) is 4.18. The molecule has 2 rings (SSSR count). The van der Waals surface area contributed by atoms with Gasteiger partial charge in [0.15, 0.2) is 0 Å². The molecule has 0 aromatic rings. The van der Waals surface area contributed by atoms with Gasteiger partial charge in [-0.3, -0.25) is 0 Å². The van der Waals surface area contributed by atoms with Crippen LogP contribution < -0.4 is 0 Å². The second-order valence-electron chi connectivity index (χ2n) is 4.55. The highest BCUT2D eigenvalue weighted by atomic mass is 16.5. The summed E-state index contributed by atoms with van der Waals surface area (Å²) in [5.74, 6) is -0.205. The molecule has 0 bridgehead atoms. The van der Waals surface area contributed by atoms with Crippen LogP contribution in [0.1, 0.15) is 45.4 Å². The van der Waals surface area contributed by atoms with Crippen molar-refractivity contribution in [3.05, 3.63) is 34.9 Å². The average molecular weight is 232 g/mol. The molecule has 0 aliphatic heterocycles. The Hall–Kier alpha value is -1.31. The van der Waals surface area contributed by atoms with E-state index in [1.807, 2.05) is 6.92 Å². The maximum Gasteiger partial charge on any atom is 0.331 e. The lowest BCUT2D eigenvalue weighted by Gasteiger charge is -2.10. The fourth-order valence-corrected chi connectivity index (χ4v) is 2.52. The molecule has 2 nitrogen and oxygen atoms in total. The predicted octanol–water partition coefficient (Wildman–Crippen LogP) is 3.70. The molecule has 0 saturated heterocycles. The van der Waals surface area contributed by atoms with Gasteiger partial charge in [-0.25, -0.2) is 4.79 Å². The maximum atomic E-state index is 11.6. The van der Waals surface area contributed by atoms with E-state index >= 15 is 0 Å². The summed E-state index contributed by atoms with van der Waals surface area (Å²) in [5, 5.41) is 0. The van der Waals surface area contributed by atoms with E-state index in [1.54, 1.807) is 6.08 Å². The Morgan fingerprint density at radius 1 is 1.24 bits per heavy atom. The zero-order chi connectivity index (χ0) is 12.1. The zero-order valence-corrected chi connectivity index (χ0v) is 10.5. The minimum atomic E-state index is -0.205. The Balaban J connectivity index is 2.20. The van der Waals surface area contributed by atoms with Crippen molar-refractivity contribution in [1.29, 1.82) is 0 Å². The monoisotopic (exact) mass is 232 g/mol. The zero-order valence-electron chi connectivity index (χ0n) is 10.5. The molecule has 0 aromatic heterocycles. The summed E-state index contributed by atoms with van der Waals surface area (Å²) in [6, 6.07) is 0. The average Bonchev–Trinajstić information content (AvgIpc) is 3.00. The largest absolute Gasteiger partial charge is 0.463 e. The van der Waals surface area contributed by atoms with Crippen molar-refractivity contribution in [3.8, 4) is 0 Å². The molecule has 0 unspecified atom stereocenters. The number of ether oxygens (including phenoxy) is 1. The van der Waals surface area contributed by atoms with Crippen LogP contribution in [0.2, 0.25) is 0 Å². The first-order valence-corrected chi connectivity index (χ1v) is 6.58. The van der Waals surface area contributed by atoms with E-state index in [-0.39, 0.29) is 5.97 Å². The van der Waals surface area contributed by atoms with Gasteiger partial charge in [0.1, 0.15) is 0 Å². The number of hydrogen-bond donors (Lipinski definition) is 0. The number of carbonyl (C=O) groups excluding carboxylic acids is 1. The molecule has 92 valence electrons. The summed E-state index contributed by atoms with van der Waals surface area (Å²) in [7, 11) is 0. The molecule has 17 heavy (non-hydrogen) atoms. The van der Waals surface area contributed by atoms with Gasteiger partial charge in [-0.2, -0.15) is 0 Å². The molecular weight excluding hydrogens is 212 g/mol. The molecule has 0 radical (unpaired) electrons. The third kappa shape index (κ3) is 3.09. The van der Waals surface area contributed by atoms with Crippen molar-refractivity contribution in [2.45, 2.75) is 45.4 Å². The minimum absolute atomic E-state index is 0.205. The van der Waals surface area contributed by atoms with E-state index in [0.29, 0.717) is 6.61 Å². The van der Waals surface area contributed by atoms with Crippen LogP contribution in [0.5, 0.6) is 0 Å². The molecule has 2 heteroatoms. The van der Waals surface area contributed by atoms with Crippen LogP contribution in [0.15, 0.2) is 34.9 Å². The standard InChI is InChI=1S/C15H20O2/c1-2-17-15(16)11-14(12-7-3-4-8-12)13-9-5-6-10-13/h7,9,11H,2-6,8,10H2,1H3. The van der Waals surface area contributed by atoms with Crippen molar-refractivity contribution in [2.24, 2.45) is 0 Å². The highest BCUT2D eigenvalue weighted by molar-refractivity contribution is 5.85. The van der Waals surface area contributed by atoms with Crippen molar-refractivity contribution in [2.75, 3.05) is 6.61 Å². The van der Waals surface area contributed by atoms with E-state index in [4.69, 9.17) is 4.74 Å². The number of rotatable bonds is 4. The summed E-state index contributed by atoms with van der Waals surface area (Å²) in [5.41, 5.74) is 3.82. The van der Waals surface area contributed by atoms with Gasteiger partial charge in [-0.15, -0.1) is 0 Å². The fourth-order valence-electron chi connectivity index (χ4n) is 2.52. The molecular formula is C15H20O2. The highest BCUT2D eigenvalue weighted by Gasteiger charge is 2.17. The van der Waals surface area contributed by atoms with Crippen molar-refractivity contribution < 1.29 is 9.53 Å². The van der Waals surface area contributed by atoms with Crippen molar-refractivity contribution in [3.63, 3.8) is 0 Å². The van der Waals surface area contributed by atoms with Crippen molar-refractivity contribution >= 4 is 5.97 Å². The summed E-state index contributed by atoms with van der Waals surface area (Å²) in [6.45, 7) is 2.29. The third-order valence-corrected chi connectivity index (χ3v) is 3.32. The summed E-state index contributed by atoms with van der Waals surface area (Å²) in [6.07, 6.45) is 13.1. The van der Waals surface area contributed by atoms with E-state index in [0.717, 1.165) is 31.3 Å². The van der Waals surface area contributed by atoms with Crippen LogP contribution in [0.25, 0.3) is 0 Å². The van der Waals surface area contributed by atoms with Gasteiger partial charge in [-0.05, 0) is 62.2 Å². The van der Waals surface area contributed by atoms with Crippen LogP contribution in [-0.4, -0.2) is 12.6 Å². The topological polar surface area (TPSA) is 26.3 Å². The second kappa shape index (κ2) is 5.85. The Morgan fingerprint density at radius 3 is 2.24 bits per heavy atom. The lowest BCUT2D eigenvalue weighted by molar-refractivity contribution is -0.137. The first-order valence-electron chi connectivity index (χ1n) is 6.58. The summed E-state index contributed by atoms with van der Waals surface area (Å²) < 4.78 is 5.02. The SMILES string of the molecule is CCOC(=O)C=C(C1=CCCC1)C1=CCCC1. The van der Waals surface area contributed by atoms with Gasteiger partial charge < -0.3 is 4.74 Å². The molecule has 2 aliphatic rings. The lowest BCUT2D eigenvalue weighted by Crippen LogP contribution is -2.03. The smallest absolute Gasteiger partial charge is 0.331 e. The summed E-state index contributed by atoms with van der Waals surface area (Å²) >= 11 is 0. The molecule has 0 aromatic carbocycles. The Labute approximate surface area is 103 Å². The van der Waals surface area contributed by atoms with E-state index in [9.17, 15) is 4.79 Å². The third-order valence-electron chi connectivity index (χ3n) is 3.32. The second-order valence-corrected chi connectivity index (χ2v) is 4.55. The van der Waals surface area contributed by atoms with E-state index < -0.39 is 0 Å². The summed E-state index contributed by atoms with van der Waals surface area (Å²) in [4.78, 5) is 11.6. The fraction of sp³-hybridized carbons (Fsp3) is 0.533. The molecule has 0 spiro atoms. The van der Waals surface area contributed by atoms with Crippen LogP contribution in [0.3, 0.4) is 0 Å². The van der Waals surface area contributed by atoms with Crippen molar-refractivity contribution in [1.82, 2.24) is 0 Å². The van der Waals surface area contributed by atoms with Crippen LogP contribution in [-0.2, 0) is 9.53 Å². The van der Waals surface area contributed by atoms with Crippen LogP contribution >= 0.6 is 0 Å². The van der Waals surface area contributed by atoms with Gasteiger partial charge in [0, 0.05) is 6.08 Å². The van der Waals surface area contributed by atoms with Crippen LogP contribution in [0, 0.1) is 0 Å². The van der Waals surface area contributed by atoms with E-state index in [2.05, 4.69) is 12.2 Å². The molecule has 0 fully saturated rings. The molecule has 0 atom stereocenters. The first-order chi connectivity index (χ1) is 8.31. The molecule has 0 saturated carbocycles. The van der Waals surface area contributed by atoms with Gasteiger partial charge in [0.25, 0.3) is 0 Å². The molecule has 0 amide bonds. The number of carbonyl (C=O) groups is 1. The van der Waals surface area contributed by atoms with Gasteiger partial charge in [0.05, 0.1) is 6.61 Å².